The first-order chi connectivity index (χ1) is 10.7. The minimum atomic E-state index is -0.125. The van der Waals surface area contributed by atoms with Crippen molar-refractivity contribution in [2.45, 2.75) is 6.92 Å². The van der Waals surface area contributed by atoms with Crippen molar-refractivity contribution in [3.8, 4) is 22.7 Å². The minimum Gasteiger partial charge on any atom is -0.494 e. The average Bonchev–Trinajstić information content (AvgIpc) is 3.00. The molecule has 5 nitrogen and oxygen atoms in total. The third kappa shape index (κ3) is 2.37. The number of Topliss-reactive ketones (excluding diaryl/α,β-unsaturated/α-hetero) is 1. The molecule has 0 saturated heterocycles. The lowest BCUT2D eigenvalue weighted by Gasteiger charge is -2.11. The van der Waals surface area contributed by atoms with Gasteiger partial charge in [-0.05, 0) is 12.1 Å². The van der Waals surface area contributed by atoms with E-state index in [1.165, 1.54) is 6.92 Å². The van der Waals surface area contributed by atoms with Crippen molar-refractivity contribution >= 4 is 5.78 Å². The van der Waals surface area contributed by atoms with Gasteiger partial charge >= 0.3 is 0 Å². The number of rotatable bonds is 4. The molecule has 3 aromatic rings. The van der Waals surface area contributed by atoms with Crippen LogP contribution in [0.2, 0.25) is 0 Å². The number of benzene rings is 2. The SMILES string of the molecule is COc1ccccc1-n1nnc(C(C)=O)c1-c1ccccc1. The topological polar surface area (TPSA) is 57.0 Å². The zero-order valence-electron chi connectivity index (χ0n) is 12.4. The van der Waals surface area contributed by atoms with Gasteiger partial charge in [-0.25, -0.2) is 4.68 Å². The fraction of sp³-hybridized carbons (Fsp3) is 0.118. The molecule has 0 aliphatic heterocycles. The quantitative estimate of drug-likeness (QED) is 0.693. The van der Waals surface area contributed by atoms with E-state index in [0.717, 1.165) is 11.3 Å². The molecule has 0 bridgehead atoms. The van der Waals surface area contributed by atoms with Crippen molar-refractivity contribution in [3.05, 3.63) is 60.3 Å². The number of methoxy groups -OCH3 is 1. The minimum absolute atomic E-state index is 0.125. The Bertz CT molecular complexity index is 810. The van der Waals surface area contributed by atoms with Crippen LogP contribution < -0.4 is 4.74 Å². The fourth-order valence-corrected chi connectivity index (χ4v) is 2.35. The number of ether oxygens (including phenoxy) is 1. The lowest BCUT2D eigenvalue weighted by atomic mass is 10.1. The fourth-order valence-electron chi connectivity index (χ4n) is 2.35. The summed E-state index contributed by atoms with van der Waals surface area (Å²) in [4.78, 5) is 11.9. The zero-order chi connectivity index (χ0) is 15.5. The van der Waals surface area contributed by atoms with Crippen LogP contribution in [0.5, 0.6) is 5.75 Å². The van der Waals surface area contributed by atoms with Crippen LogP contribution in [0.15, 0.2) is 54.6 Å². The van der Waals surface area contributed by atoms with Gasteiger partial charge in [0.05, 0.1) is 7.11 Å². The van der Waals surface area contributed by atoms with Crippen LogP contribution in [-0.2, 0) is 0 Å². The van der Waals surface area contributed by atoms with Crippen molar-refractivity contribution in [3.63, 3.8) is 0 Å². The van der Waals surface area contributed by atoms with Crippen LogP contribution in [-0.4, -0.2) is 27.9 Å². The number of carbonyl (C=O) groups excluding carboxylic acids is 1. The molecule has 110 valence electrons. The van der Waals surface area contributed by atoms with E-state index >= 15 is 0 Å². The Morgan fingerprint density at radius 2 is 1.73 bits per heavy atom. The number of ketones is 1. The second-order valence-corrected chi connectivity index (χ2v) is 4.79. The average molecular weight is 293 g/mol. The van der Waals surface area contributed by atoms with Gasteiger partial charge in [0.1, 0.15) is 17.1 Å². The Hall–Kier alpha value is -2.95. The van der Waals surface area contributed by atoms with Crippen LogP contribution in [0.4, 0.5) is 0 Å². The van der Waals surface area contributed by atoms with Crippen LogP contribution in [0.25, 0.3) is 16.9 Å². The molecular weight excluding hydrogens is 278 g/mol. The van der Waals surface area contributed by atoms with Crippen molar-refractivity contribution in [2.24, 2.45) is 0 Å². The number of aromatic nitrogens is 3. The molecule has 5 heteroatoms. The molecule has 1 aromatic heterocycles. The van der Waals surface area contributed by atoms with Crippen molar-refractivity contribution in [1.29, 1.82) is 0 Å². The molecule has 22 heavy (non-hydrogen) atoms. The summed E-state index contributed by atoms with van der Waals surface area (Å²) < 4.78 is 7.03. The van der Waals surface area contributed by atoms with Gasteiger partial charge < -0.3 is 4.74 Å². The largest absolute Gasteiger partial charge is 0.494 e. The van der Waals surface area contributed by atoms with Crippen molar-refractivity contribution in [1.82, 2.24) is 15.0 Å². The first kappa shape index (κ1) is 14.0. The van der Waals surface area contributed by atoms with Gasteiger partial charge in [0, 0.05) is 12.5 Å². The normalized spacial score (nSPS) is 10.5. The Morgan fingerprint density at radius 1 is 1.05 bits per heavy atom. The van der Waals surface area contributed by atoms with Gasteiger partial charge in [-0.2, -0.15) is 0 Å². The maximum atomic E-state index is 11.9. The van der Waals surface area contributed by atoms with Crippen molar-refractivity contribution < 1.29 is 9.53 Å². The summed E-state index contributed by atoms with van der Waals surface area (Å²) in [7, 11) is 1.60. The molecule has 0 amide bonds. The number of hydrogen-bond donors (Lipinski definition) is 0. The number of carbonyl (C=O) groups is 1. The molecule has 0 unspecified atom stereocenters. The van der Waals surface area contributed by atoms with Gasteiger partial charge in [-0.3, -0.25) is 4.79 Å². The molecule has 0 atom stereocenters. The predicted octanol–water partition coefficient (Wildman–Crippen LogP) is 3.15. The summed E-state index contributed by atoms with van der Waals surface area (Å²) in [6.45, 7) is 1.49. The number of hydrogen-bond acceptors (Lipinski definition) is 4. The van der Waals surface area contributed by atoms with Gasteiger partial charge in [-0.15, -0.1) is 5.10 Å². The van der Waals surface area contributed by atoms with Crippen LogP contribution in [0.3, 0.4) is 0 Å². The molecule has 2 aromatic carbocycles. The van der Waals surface area contributed by atoms with E-state index < -0.39 is 0 Å². The van der Waals surface area contributed by atoms with Crippen LogP contribution >= 0.6 is 0 Å². The molecule has 0 N–H and O–H groups in total. The Morgan fingerprint density at radius 3 is 2.41 bits per heavy atom. The number of para-hydroxylation sites is 2. The van der Waals surface area contributed by atoms with E-state index in [9.17, 15) is 4.79 Å². The first-order valence-electron chi connectivity index (χ1n) is 6.88. The summed E-state index contributed by atoms with van der Waals surface area (Å²) in [5.41, 5.74) is 2.63. The second kappa shape index (κ2) is 5.81. The predicted molar refractivity (Wildman–Crippen MR) is 83.4 cm³/mol. The lowest BCUT2D eigenvalue weighted by Crippen LogP contribution is -2.03. The standard InChI is InChI=1S/C17H15N3O2/c1-12(21)16-17(13-8-4-3-5-9-13)20(19-18-16)14-10-6-7-11-15(14)22-2/h3-11H,1-2H3. The second-order valence-electron chi connectivity index (χ2n) is 4.79. The van der Waals surface area contributed by atoms with Crippen LogP contribution in [0, 0.1) is 0 Å². The molecule has 0 spiro atoms. The summed E-state index contributed by atoms with van der Waals surface area (Å²) in [6, 6.07) is 17.1. The highest BCUT2D eigenvalue weighted by molar-refractivity contribution is 5.98. The molecule has 0 aliphatic rings. The monoisotopic (exact) mass is 293 g/mol. The highest BCUT2D eigenvalue weighted by Gasteiger charge is 2.20. The Kier molecular flexibility index (Phi) is 3.70. The molecule has 0 fully saturated rings. The smallest absolute Gasteiger partial charge is 0.182 e. The third-order valence-corrected chi connectivity index (χ3v) is 3.36. The summed E-state index contributed by atoms with van der Waals surface area (Å²) in [5.74, 6) is 0.541. The van der Waals surface area contributed by atoms with E-state index in [-0.39, 0.29) is 5.78 Å². The Labute approximate surface area is 128 Å². The maximum Gasteiger partial charge on any atom is 0.182 e. The molecule has 0 saturated carbocycles. The first-order valence-corrected chi connectivity index (χ1v) is 6.88. The van der Waals surface area contributed by atoms with E-state index in [1.807, 2.05) is 54.6 Å². The molecule has 3 rings (SSSR count). The Balaban J connectivity index is 2.28. The highest BCUT2D eigenvalue weighted by atomic mass is 16.5. The maximum absolute atomic E-state index is 11.9. The van der Waals surface area contributed by atoms with E-state index in [2.05, 4.69) is 10.3 Å². The summed E-state index contributed by atoms with van der Waals surface area (Å²) >= 11 is 0. The van der Waals surface area contributed by atoms with Crippen LogP contribution in [0.1, 0.15) is 17.4 Å². The van der Waals surface area contributed by atoms with Crippen molar-refractivity contribution in [2.75, 3.05) is 7.11 Å². The van der Waals surface area contributed by atoms with E-state index in [0.29, 0.717) is 17.1 Å². The van der Waals surface area contributed by atoms with Gasteiger partial charge in [0.25, 0.3) is 0 Å². The third-order valence-electron chi connectivity index (χ3n) is 3.36. The van der Waals surface area contributed by atoms with Gasteiger partial charge in [0.15, 0.2) is 11.5 Å². The molecule has 0 radical (unpaired) electrons. The lowest BCUT2D eigenvalue weighted by molar-refractivity contribution is 0.101. The van der Waals surface area contributed by atoms with E-state index in [4.69, 9.17) is 4.74 Å². The van der Waals surface area contributed by atoms with Gasteiger partial charge in [0.2, 0.25) is 0 Å². The highest BCUT2D eigenvalue weighted by Crippen LogP contribution is 2.29. The summed E-state index contributed by atoms with van der Waals surface area (Å²) in [6.07, 6.45) is 0. The molecular formula is C17H15N3O2. The molecule has 0 aliphatic carbocycles. The zero-order valence-corrected chi connectivity index (χ0v) is 12.4. The van der Waals surface area contributed by atoms with Gasteiger partial charge in [-0.1, -0.05) is 47.7 Å². The summed E-state index contributed by atoms with van der Waals surface area (Å²) in [5, 5.41) is 8.21. The number of nitrogens with zero attached hydrogens (tertiary/aromatic N) is 3. The molecule has 1 heterocycles. The van der Waals surface area contributed by atoms with E-state index in [1.54, 1.807) is 11.8 Å².